The SMILES string of the molecule is CC(c1ccc(O)cc1)N(C)C(=O)c1ccc(Br)cc1. The Morgan fingerprint density at radius 2 is 1.65 bits per heavy atom. The average Bonchev–Trinajstić information content (AvgIpc) is 2.46. The van der Waals surface area contributed by atoms with Crippen LogP contribution in [0.2, 0.25) is 0 Å². The highest BCUT2D eigenvalue weighted by molar-refractivity contribution is 9.10. The lowest BCUT2D eigenvalue weighted by Gasteiger charge is -2.25. The molecule has 0 aliphatic heterocycles. The van der Waals surface area contributed by atoms with Crippen LogP contribution in [0, 0.1) is 0 Å². The molecule has 0 saturated carbocycles. The molecule has 104 valence electrons. The molecule has 1 atom stereocenters. The van der Waals surface area contributed by atoms with Crippen LogP contribution in [0.4, 0.5) is 0 Å². The third-order valence-corrected chi connectivity index (χ3v) is 3.90. The first kappa shape index (κ1) is 14.6. The van der Waals surface area contributed by atoms with E-state index in [2.05, 4.69) is 15.9 Å². The maximum atomic E-state index is 12.4. The molecule has 0 fully saturated rings. The number of hydrogen-bond donors (Lipinski definition) is 1. The molecule has 20 heavy (non-hydrogen) atoms. The predicted molar refractivity (Wildman–Crippen MR) is 82.8 cm³/mol. The van der Waals surface area contributed by atoms with Crippen LogP contribution in [0.15, 0.2) is 53.0 Å². The van der Waals surface area contributed by atoms with Crippen LogP contribution < -0.4 is 0 Å². The highest BCUT2D eigenvalue weighted by Gasteiger charge is 2.18. The minimum Gasteiger partial charge on any atom is -0.508 e. The fraction of sp³-hybridized carbons (Fsp3) is 0.188. The van der Waals surface area contributed by atoms with Gasteiger partial charge in [-0.3, -0.25) is 4.79 Å². The van der Waals surface area contributed by atoms with E-state index in [-0.39, 0.29) is 17.7 Å². The van der Waals surface area contributed by atoms with Gasteiger partial charge < -0.3 is 10.0 Å². The fourth-order valence-corrected chi connectivity index (χ4v) is 2.21. The third-order valence-electron chi connectivity index (χ3n) is 3.37. The van der Waals surface area contributed by atoms with Crippen molar-refractivity contribution in [2.45, 2.75) is 13.0 Å². The molecule has 4 heteroatoms. The number of hydrogen-bond acceptors (Lipinski definition) is 2. The van der Waals surface area contributed by atoms with E-state index in [4.69, 9.17) is 0 Å². The molecule has 1 unspecified atom stereocenters. The van der Waals surface area contributed by atoms with Crippen molar-refractivity contribution in [1.29, 1.82) is 0 Å². The number of nitrogens with zero attached hydrogens (tertiary/aromatic N) is 1. The molecule has 1 N–H and O–H groups in total. The molecule has 0 saturated heterocycles. The molecule has 2 rings (SSSR count). The number of carbonyl (C=O) groups is 1. The number of carbonyl (C=O) groups excluding carboxylic acids is 1. The van der Waals surface area contributed by atoms with Crippen molar-refractivity contribution in [3.8, 4) is 5.75 Å². The predicted octanol–water partition coefficient (Wildman–Crippen LogP) is 3.99. The van der Waals surface area contributed by atoms with E-state index in [1.54, 1.807) is 36.2 Å². The Morgan fingerprint density at radius 3 is 2.20 bits per heavy atom. The van der Waals surface area contributed by atoms with Crippen molar-refractivity contribution < 1.29 is 9.90 Å². The van der Waals surface area contributed by atoms with Crippen molar-refractivity contribution in [1.82, 2.24) is 4.90 Å². The van der Waals surface area contributed by atoms with Gasteiger partial charge in [-0.15, -0.1) is 0 Å². The highest BCUT2D eigenvalue weighted by Crippen LogP contribution is 2.23. The molecule has 3 nitrogen and oxygen atoms in total. The van der Waals surface area contributed by atoms with Crippen LogP contribution >= 0.6 is 15.9 Å². The van der Waals surface area contributed by atoms with Crippen LogP contribution in [0.1, 0.15) is 28.9 Å². The average molecular weight is 334 g/mol. The first-order valence-electron chi connectivity index (χ1n) is 6.30. The summed E-state index contributed by atoms with van der Waals surface area (Å²) in [5.41, 5.74) is 1.64. The van der Waals surface area contributed by atoms with Crippen molar-refractivity contribution in [3.63, 3.8) is 0 Å². The molecule has 0 heterocycles. The zero-order valence-corrected chi connectivity index (χ0v) is 13.0. The molecular formula is C16H16BrNO2. The van der Waals surface area contributed by atoms with Crippen molar-refractivity contribution in [3.05, 3.63) is 64.1 Å². The van der Waals surface area contributed by atoms with Gasteiger partial charge in [0.2, 0.25) is 0 Å². The summed E-state index contributed by atoms with van der Waals surface area (Å²) in [7, 11) is 1.78. The van der Waals surface area contributed by atoms with Crippen molar-refractivity contribution >= 4 is 21.8 Å². The third kappa shape index (κ3) is 3.20. The first-order chi connectivity index (χ1) is 9.49. The minimum atomic E-state index is -0.0632. The number of rotatable bonds is 3. The van der Waals surface area contributed by atoms with Gasteiger partial charge in [-0.1, -0.05) is 28.1 Å². The first-order valence-corrected chi connectivity index (χ1v) is 7.10. The van der Waals surface area contributed by atoms with Gasteiger partial charge in [0, 0.05) is 17.1 Å². The Labute approximate surface area is 127 Å². The lowest BCUT2D eigenvalue weighted by atomic mass is 10.1. The molecule has 0 bridgehead atoms. The largest absolute Gasteiger partial charge is 0.508 e. The second kappa shape index (κ2) is 6.09. The van der Waals surface area contributed by atoms with Gasteiger partial charge in [0.25, 0.3) is 5.91 Å². The summed E-state index contributed by atoms with van der Waals surface area (Å²) in [6, 6.07) is 14.1. The van der Waals surface area contributed by atoms with Crippen LogP contribution in [-0.4, -0.2) is 23.0 Å². The second-order valence-corrected chi connectivity index (χ2v) is 5.61. The molecule has 2 aromatic carbocycles. The topological polar surface area (TPSA) is 40.5 Å². The van der Waals surface area contributed by atoms with E-state index in [0.717, 1.165) is 10.0 Å². The zero-order valence-electron chi connectivity index (χ0n) is 11.4. The molecule has 0 aliphatic rings. The molecular weight excluding hydrogens is 318 g/mol. The zero-order chi connectivity index (χ0) is 14.7. The van der Waals surface area contributed by atoms with Crippen molar-refractivity contribution in [2.24, 2.45) is 0 Å². The standard InChI is InChI=1S/C16H16BrNO2/c1-11(12-5-9-15(19)10-6-12)18(2)16(20)13-3-7-14(17)8-4-13/h3-11,19H,1-2H3. The highest BCUT2D eigenvalue weighted by atomic mass is 79.9. The van der Waals surface area contributed by atoms with Crippen LogP contribution in [-0.2, 0) is 0 Å². The fourth-order valence-electron chi connectivity index (χ4n) is 1.95. The number of phenols is 1. The van der Waals surface area contributed by atoms with Gasteiger partial charge in [-0.05, 0) is 48.9 Å². The minimum absolute atomic E-state index is 0.0296. The quantitative estimate of drug-likeness (QED) is 0.922. The maximum absolute atomic E-state index is 12.4. The maximum Gasteiger partial charge on any atom is 0.254 e. The van der Waals surface area contributed by atoms with E-state index in [1.165, 1.54) is 0 Å². The summed E-state index contributed by atoms with van der Waals surface area (Å²) in [4.78, 5) is 14.1. The molecule has 1 amide bonds. The Morgan fingerprint density at radius 1 is 1.10 bits per heavy atom. The summed E-state index contributed by atoms with van der Waals surface area (Å²) in [5, 5.41) is 9.31. The summed E-state index contributed by atoms with van der Waals surface area (Å²) < 4.78 is 0.947. The molecule has 0 radical (unpaired) electrons. The number of amides is 1. The molecule has 0 aliphatic carbocycles. The number of phenolic OH excluding ortho intramolecular Hbond substituents is 1. The van der Waals surface area contributed by atoms with Gasteiger partial charge in [0.15, 0.2) is 0 Å². The van der Waals surface area contributed by atoms with Crippen molar-refractivity contribution in [2.75, 3.05) is 7.05 Å². The van der Waals surface area contributed by atoms with Gasteiger partial charge >= 0.3 is 0 Å². The Kier molecular flexibility index (Phi) is 4.45. The molecule has 0 spiro atoms. The molecule has 0 aromatic heterocycles. The monoisotopic (exact) mass is 333 g/mol. The van der Waals surface area contributed by atoms with E-state index in [1.807, 2.05) is 31.2 Å². The summed E-state index contributed by atoms with van der Waals surface area (Å²) in [6.45, 7) is 1.96. The van der Waals surface area contributed by atoms with Crippen LogP contribution in [0.25, 0.3) is 0 Å². The Balaban J connectivity index is 2.17. The number of aromatic hydroxyl groups is 1. The van der Waals surface area contributed by atoms with Crippen LogP contribution in [0.5, 0.6) is 5.75 Å². The Hall–Kier alpha value is -1.81. The van der Waals surface area contributed by atoms with E-state index < -0.39 is 0 Å². The summed E-state index contributed by atoms with van der Waals surface area (Å²) in [5.74, 6) is 0.195. The van der Waals surface area contributed by atoms with Gasteiger partial charge in [0.05, 0.1) is 6.04 Å². The number of halogens is 1. The summed E-state index contributed by atoms with van der Waals surface area (Å²) >= 11 is 3.36. The van der Waals surface area contributed by atoms with E-state index >= 15 is 0 Å². The van der Waals surface area contributed by atoms with E-state index in [9.17, 15) is 9.90 Å². The second-order valence-electron chi connectivity index (χ2n) is 4.69. The smallest absolute Gasteiger partial charge is 0.254 e. The van der Waals surface area contributed by atoms with Crippen LogP contribution in [0.3, 0.4) is 0 Å². The lowest BCUT2D eigenvalue weighted by molar-refractivity contribution is 0.0742. The van der Waals surface area contributed by atoms with Gasteiger partial charge in [-0.2, -0.15) is 0 Å². The van der Waals surface area contributed by atoms with E-state index in [0.29, 0.717) is 5.56 Å². The molecule has 2 aromatic rings. The normalized spacial score (nSPS) is 11.9. The number of benzene rings is 2. The lowest BCUT2D eigenvalue weighted by Crippen LogP contribution is -2.29. The van der Waals surface area contributed by atoms with Gasteiger partial charge in [0.1, 0.15) is 5.75 Å². The van der Waals surface area contributed by atoms with Gasteiger partial charge in [-0.25, -0.2) is 0 Å². The summed E-state index contributed by atoms with van der Waals surface area (Å²) in [6.07, 6.45) is 0. The Bertz CT molecular complexity index is 593.